The highest BCUT2D eigenvalue weighted by atomic mass is 16.5. The molecule has 0 heterocycles. The van der Waals surface area contributed by atoms with Crippen LogP contribution in [0.2, 0.25) is 0 Å². The van der Waals surface area contributed by atoms with E-state index in [9.17, 15) is 4.79 Å². The molecule has 0 radical (unpaired) electrons. The standard InChI is InChI=1S/C20H30N4O2/c1-24(2)19(25)14-22-20(23-18-13-15-8-9-16(18)12-15)21-10-11-26-17-6-4-3-5-7-17/h3-7,15-16,18H,8-14H2,1-2H3,(H2,21,22,23). The fraction of sp³-hybridized carbons (Fsp3) is 0.600. The van der Waals surface area contributed by atoms with Crippen LogP contribution in [0.3, 0.4) is 0 Å². The van der Waals surface area contributed by atoms with Gasteiger partial charge in [0.25, 0.3) is 0 Å². The van der Waals surface area contributed by atoms with Crippen LogP contribution in [0.15, 0.2) is 35.3 Å². The first-order chi connectivity index (χ1) is 12.6. The van der Waals surface area contributed by atoms with Crippen LogP contribution < -0.4 is 15.4 Å². The molecule has 1 amide bonds. The second-order valence-corrected chi connectivity index (χ2v) is 7.47. The molecular formula is C20H30N4O2. The molecule has 3 atom stereocenters. The molecule has 6 heteroatoms. The van der Waals surface area contributed by atoms with Crippen LogP contribution in [0, 0.1) is 11.8 Å². The van der Waals surface area contributed by atoms with Gasteiger partial charge in [-0.1, -0.05) is 24.6 Å². The van der Waals surface area contributed by atoms with E-state index in [1.165, 1.54) is 25.7 Å². The van der Waals surface area contributed by atoms with Crippen molar-refractivity contribution in [2.45, 2.75) is 31.7 Å². The van der Waals surface area contributed by atoms with Crippen LogP contribution in [0.1, 0.15) is 25.7 Å². The van der Waals surface area contributed by atoms with Crippen molar-refractivity contribution in [3.63, 3.8) is 0 Å². The molecule has 3 unspecified atom stereocenters. The molecule has 2 saturated carbocycles. The summed E-state index contributed by atoms with van der Waals surface area (Å²) in [5.41, 5.74) is 0. The van der Waals surface area contributed by atoms with Gasteiger partial charge < -0.3 is 20.3 Å². The minimum atomic E-state index is -0.000391. The Morgan fingerprint density at radius 2 is 2.04 bits per heavy atom. The molecule has 3 rings (SSSR count). The van der Waals surface area contributed by atoms with Crippen molar-refractivity contribution >= 4 is 11.9 Å². The second-order valence-electron chi connectivity index (χ2n) is 7.47. The number of nitrogens with one attached hydrogen (secondary N) is 2. The van der Waals surface area contributed by atoms with Crippen LogP contribution in [0.4, 0.5) is 0 Å². The molecule has 1 aromatic rings. The first kappa shape index (κ1) is 18.5. The molecule has 2 bridgehead atoms. The number of aliphatic imine (C=N–C) groups is 1. The van der Waals surface area contributed by atoms with Gasteiger partial charge in [0.1, 0.15) is 18.9 Å². The molecule has 0 saturated heterocycles. The second kappa shape index (κ2) is 8.92. The highest BCUT2D eigenvalue weighted by Crippen LogP contribution is 2.44. The number of para-hydroxylation sites is 1. The van der Waals surface area contributed by atoms with Gasteiger partial charge in [0, 0.05) is 20.1 Å². The summed E-state index contributed by atoms with van der Waals surface area (Å²) in [4.78, 5) is 17.9. The summed E-state index contributed by atoms with van der Waals surface area (Å²) < 4.78 is 5.72. The number of hydrogen-bond donors (Lipinski definition) is 2. The Hall–Kier alpha value is -2.24. The molecule has 2 aliphatic rings. The van der Waals surface area contributed by atoms with E-state index in [2.05, 4.69) is 15.6 Å². The molecule has 1 aromatic carbocycles. The zero-order valence-electron chi connectivity index (χ0n) is 15.8. The average Bonchev–Trinajstić information content (AvgIpc) is 3.26. The zero-order valence-corrected chi connectivity index (χ0v) is 15.8. The summed E-state index contributed by atoms with van der Waals surface area (Å²) >= 11 is 0. The van der Waals surface area contributed by atoms with E-state index in [0.717, 1.165) is 23.5 Å². The van der Waals surface area contributed by atoms with Gasteiger partial charge in [0.15, 0.2) is 5.96 Å². The Labute approximate surface area is 156 Å². The third-order valence-electron chi connectivity index (χ3n) is 5.34. The van der Waals surface area contributed by atoms with Crippen molar-refractivity contribution in [2.75, 3.05) is 33.8 Å². The number of fused-ring (bicyclic) bond motifs is 2. The van der Waals surface area contributed by atoms with E-state index >= 15 is 0 Å². The number of carbonyl (C=O) groups excluding carboxylic acids is 1. The third kappa shape index (κ3) is 5.13. The van der Waals surface area contributed by atoms with Crippen molar-refractivity contribution < 1.29 is 9.53 Å². The minimum Gasteiger partial charge on any atom is -0.492 e. The van der Waals surface area contributed by atoms with E-state index < -0.39 is 0 Å². The molecule has 2 N–H and O–H groups in total. The smallest absolute Gasteiger partial charge is 0.243 e. The topological polar surface area (TPSA) is 66.0 Å². The summed E-state index contributed by atoms with van der Waals surface area (Å²) in [6, 6.07) is 10.2. The maximum atomic E-state index is 11.9. The van der Waals surface area contributed by atoms with Crippen molar-refractivity contribution in [3.8, 4) is 5.75 Å². The number of carbonyl (C=O) groups is 1. The fourth-order valence-electron chi connectivity index (χ4n) is 3.89. The number of ether oxygens (including phenoxy) is 1. The fourth-order valence-corrected chi connectivity index (χ4v) is 3.89. The molecule has 26 heavy (non-hydrogen) atoms. The van der Waals surface area contributed by atoms with Crippen molar-refractivity contribution in [2.24, 2.45) is 16.8 Å². The van der Waals surface area contributed by atoms with Crippen LogP contribution in [0.5, 0.6) is 5.75 Å². The first-order valence-electron chi connectivity index (χ1n) is 9.54. The highest BCUT2D eigenvalue weighted by Gasteiger charge is 2.39. The summed E-state index contributed by atoms with van der Waals surface area (Å²) in [5, 5.41) is 6.87. The number of rotatable bonds is 7. The normalized spacial score (nSPS) is 24.4. The number of hydrogen-bond acceptors (Lipinski definition) is 3. The van der Waals surface area contributed by atoms with Crippen LogP contribution >= 0.6 is 0 Å². The number of likely N-dealkylation sites (N-methyl/N-ethyl adjacent to an activating group) is 1. The van der Waals surface area contributed by atoms with Gasteiger partial charge in [-0.15, -0.1) is 0 Å². The van der Waals surface area contributed by atoms with Crippen LogP contribution in [-0.4, -0.2) is 56.6 Å². The summed E-state index contributed by atoms with van der Waals surface area (Å²) in [5.74, 6) is 3.19. The van der Waals surface area contributed by atoms with E-state index in [0.29, 0.717) is 19.2 Å². The quantitative estimate of drug-likeness (QED) is 0.444. The number of benzene rings is 1. The van der Waals surface area contributed by atoms with E-state index in [1.807, 2.05) is 30.3 Å². The summed E-state index contributed by atoms with van der Waals surface area (Å²) in [6.07, 6.45) is 5.22. The van der Waals surface area contributed by atoms with Crippen LogP contribution in [0.25, 0.3) is 0 Å². The highest BCUT2D eigenvalue weighted by molar-refractivity contribution is 5.85. The Morgan fingerprint density at radius 1 is 1.23 bits per heavy atom. The van der Waals surface area contributed by atoms with Gasteiger partial charge in [0.05, 0.1) is 6.54 Å². The Kier molecular flexibility index (Phi) is 6.36. The first-order valence-corrected chi connectivity index (χ1v) is 9.54. The summed E-state index contributed by atoms with van der Waals surface area (Å²) in [7, 11) is 3.50. The maximum Gasteiger partial charge on any atom is 0.243 e. The Balaban J connectivity index is 1.50. The van der Waals surface area contributed by atoms with Gasteiger partial charge in [-0.2, -0.15) is 0 Å². The molecule has 142 valence electrons. The number of amides is 1. The molecule has 0 spiro atoms. The Morgan fingerprint density at radius 3 is 2.69 bits per heavy atom. The zero-order chi connectivity index (χ0) is 18.4. The lowest BCUT2D eigenvalue weighted by Gasteiger charge is -2.25. The average molecular weight is 358 g/mol. The molecule has 0 aliphatic heterocycles. The van der Waals surface area contributed by atoms with Gasteiger partial charge in [-0.05, 0) is 43.2 Å². The minimum absolute atomic E-state index is 0.000391. The third-order valence-corrected chi connectivity index (χ3v) is 5.34. The lowest BCUT2D eigenvalue weighted by Crippen LogP contribution is -2.47. The van der Waals surface area contributed by atoms with Gasteiger partial charge >= 0.3 is 0 Å². The lowest BCUT2D eigenvalue weighted by molar-refractivity contribution is -0.127. The molecule has 6 nitrogen and oxygen atoms in total. The number of nitrogens with zero attached hydrogens (tertiary/aromatic N) is 2. The number of guanidine groups is 1. The predicted molar refractivity (Wildman–Crippen MR) is 103 cm³/mol. The lowest BCUT2D eigenvalue weighted by atomic mass is 9.95. The largest absolute Gasteiger partial charge is 0.492 e. The monoisotopic (exact) mass is 358 g/mol. The molecular weight excluding hydrogens is 328 g/mol. The van der Waals surface area contributed by atoms with E-state index in [-0.39, 0.29) is 12.5 Å². The van der Waals surface area contributed by atoms with Gasteiger partial charge in [-0.3, -0.25) is 4.79 Å². The SMILES string of the molecule is CN(C)C(=O)CN=C(NCCOc1ccccc1)NC1CC2CCC1C2. The van der Waals surface area contributed by atoms with E-state index in [4.69, 9.17) is 4.74 Å². The van der Waals surface area contributed by atoms with Crippen LogP contribution in [-0.2, 0) is 4.79 Å². The van der Waals surface area contributed by atoms with Crippen molar-refractivity contribution in [3.05, 3.63) is 30.3 Å². The van der Waals surface area contributed by atoms with Crippen molar-refractivity contribution in [1.29, 1.82) is 0 Å². The molecule has 2 fully saturated rings. The molecule has 0 aromatic heterocycles. The predicted octanol–water partition coefficient (Wildman–Crippen LogP) is 1.88. The maximum absolute atomic E-state index is 11.9. The van der Waals surface area contributed by atoms with Gasteiger partial charge in [-0.25, -0.2) is 4.99 Å². The van der Waals surface area contributed by atoms with E-state index in [1.54, 1.807) is 19.0 Å². The Bertz CT molecular complexity index is 617. The summed E-state index contributed by atoms with van der Waals surface area (Å²) in [6.45, 7) is 1.34. The van der Waals surface area contributed by atoms with Gasteiger partial charge in [0.2, 0.25) is 5.91 Å². The van der Waals surface area contributed by atoms with Crippen molar-refractivity contribution in [1.82, 2.24) is 15.5 Å². The molecule has 2 aliphatic carbocycles.